The molecule has 0 saturated heterocycles. The zero-order chi connectivity index (χ0) is 13.6. The first-order chi connectivity index (χ1) is 8.56. The summed E-state index contributed by atoms with van der Waals surface area (Å²) in [6.45, 7) is 4.52. The van der Waals surface area contributed by atoms with Crippen molar-refractivity contribution < 1.29 is 9.53 Å². The van der Waals surface area contributed by atoms with Gasteiger partial charge in [-0.15, -0.1) is 0 Å². The van der Waals surface area contributed by atoms with Crippen LogP contribution in [0.15, 0.2) is 18.2 Å². The van der Waals surface area contributed by atoms with E-state index in [0.29, 0.717) is 28.8 Å². The Balaban J connectivity index is 2.58. The maximum atomic E-state index is 11.1. The largest absolute Gasteiger partial charge is 0.492 e. The van der Waals surface area contributed by atoms with E-state index >= 15 is 0 Å². The van der Waals surface area contributed by atoms with Gasteiger partial charge in [0.1, 0.15) is 12.0 Å². The van der Waals surface area contributed by atoms with Crippen molar-refractivity contribution in [2.24, 2.45) is 5.41 Å². The summed E-state index contributed by atoms with van der Waals surface area (Å²) in [5, 5.41) is 1.07. The zero-order valence-corrected chi connectivity index (χ0v) is 12.2. The van der Waals surface area contributed by atoms with Gasteiger partial charge in [-0.2, -0.15) is 0 Å². The Kier molecular flexibility index (Phi) is 5.97. The maximum Gasteiger partial charge on any atom is 0.137 e. The van der Waals surface area contributed by atoms with Gasteiger partial charge in [0.15, 0.2) is 0 Å². The van der Waals surface area contributed by atoms with Crippen molar-refractivity contribution in [3.05, 3.63) is 28.2 Å². The second-order valence-electron chi connectivity index (χ2n) is 4.36. The molecule has 0 saturated carbocycles. The first-order valence-electron chi connectivity index (χ1n) is 6.11. The lowest BCUT2D eigenvalue weighted by Crippen LogP contribution is -2.23. The van der Waals surface area contributed by atoms with E-state index in [2.05, 4.69) is 0 Å². The summed E-state index contributed by atoms with van der Waals surface area (Å²) in [6.07, 6.45) is 3.39. The fourth-order valence-corrected chi connectivity index (χ4v) is 2.25. The van der Waals surface area contributed by atoms with Crippen LogP contribution < -0.4 is 4.74 Å². The Morgan fingerprint density at radius 1 is 1.28 bits per heavy atom. The molecule has 1 aromatic carbocycles. The molecule has 0 fully saturated rings. The van der Waals surface area contributed by atoms with Crippen molar-refractivity contribution in [2.45, 2.75) is 33.1 Å². The lowest BCUT2D eigenvalue weighted by Gasteiger charge is -2.24. The molecule has 1 rings (SSSR count). The average Bonchev–Trinajstić information content (AvgIpc) is 2.38. The Morgan fingerprint density at radius 2 is 1.94 bits per heavy atom. The molecule has 0 spiro atoms. The van der Waals surface area contributed by atoms with E-state index in [4.69, 9.17) is 27.9 Å². The lowest BCUT2D eigenvalue weighted by atomic mass is 9.81. The van der Waals surface area contributed by atoms with Crippen LogP contribution in [0.5, 0.6) is 5.75 Å². The Hall–Kier alpha value is -0.730. The van der Waals surface area contributed by atoms with E-state index in [0.717, 1.165) is 19.1 Å². The number of hydrogen-bond acceptors (Lipinski definition) is 2. The molecule has 0 heterocycles. The van der Waals surface area contributed by atoms with Crippen molar-refractivity contribution in [1.29, 1.82) is 0 Å². The number of aldehydes is 1. The molecule has 0 aliphatic carbocycles. The summed E-state index contributed by atoms with van der Waals surface area (Å²) in [5.74, 6) is 0.605. The number of hydrogen-bond donors (Lipinski definition) is 0. The molecule has 1 aromatic rings. The standard InChI is InChI=1S/C14H18Cl2O2/c1-3-14(4-2,10-17)7-8-18-13-6-5-11(15)9-12(13)16/h5-6,9-10H,3-4,7-8H2,1-2H3. The fraction of sp³-hybridized carbons (Fsp3) is 0.500. The summed E-state index contributed by atoms with van der Waals surface area (Å²) in [6, 6.07) is 5.12. The van der Waals surface area contributed by atoms with E-state index in [1.54, 1.807) is 18.2 Å². The van der Waals surface area contributed by atoms with Gasteiger partial charge < -0.3 is 9.53 Å². The Morgan fingerprint density at radius 3 is 2.44 bits per heavy atom. The number of carbonyl (C=O) groups excluding carboxylic acids is 1. The number of carbonyl (C=O) groups is 1. The average molecular weight is 289 g/mol. The van der Waals surface area contributed by atoms with Crippen LogP contribution in [0.4, 0.5) is 0 Å². The molecule has 0 bridgehead atoms. The molecule has 0 aliphatic rings. The third-order valence-electron chi connectivity index (χ3n) is 3.41. The third-order valence-corrected chi connectivity index (χ3v) is 3.94. The highest BCUT2D eigenvalue weighted by molar-refractivity contribution is 6.35. The molecule has 0 aromatic heterocycles. The minimum atomic E-state index is -0.279. The van der Waals surface area contributed by atoms with Gasteiger partial charge in [0.05, 0.1) is 11.6 Å². The predicted octanol–water partition coefficient (Wildman–Crippen LogP) is 4.77. The van der Waals surface area contributed by atoms with Crippen LogP contribution in [0.25, 0.3) is 0 Å². The number of ether oxygens (including phenoxy) is 1. The van der Waals surface area contributed by atoms with Gasteiger partial charge in [0.2, 0.25) is 0 Å². The SMILES string of the molecule is CCC(C=O)(CC)CCOc1ccc(Cl)cc1Cl. The van der Waals surface area contributed by atoms with Crippen LogP contribution in [0.1, 0.15) is 33.1 Å². The first kappa shape index (κ1) is 15.3. The van der Waals surface area contributed by atoms with Crippen molar-refractivity contribution in [3.63, 3.8) is 0 Å². The molecule has 0 amide bonds. The smallest absolute Gasteiger partial charge is 0.137 e. The molecule has 100 valence electrons. The highest BCUT2D eigenvalue weighted by Crippen LogP contribution is 2.30. The normalized spacial score (nSPS) is 11.3. The Bertz CT molecular complexity index is 401. The van der Waals surface area contributed by atoms with Gasteiger partial charge in [0.25, 0.3) is 0 Å². The summed E-state index contributed by atoms with van der Waals surface area (Å²) >= 11 is 11.8. The van der Waals surface area contributed by atoms with E-state index in [1.165, 1.54) is 0 Å². The first-order valence-corrected chi connectivity index (χ1v) is 6.86. The van der Waals surface area contributed by atoms with Gasteiger partial charge in [-0.05, 0) is 37.5 Å². The monoisotopic (exact) mass is 288 g/mol. The fourth-order valence-electron chi connectivity index (χ4n) is 1.79. The zero-order valence-electron chi connectivity index (χ0n) is 10.7. The van der Waals surface area contributed by atoms with Crippen molar-refractivity contribution in [3.8, 4) is 5.75 Å². The molecule has 0 aliphatic heterocycles. The summed E-state index contributed by atoms with van der Waals surface area (Å²) < 4.78 is 5.60. The van der Waals surface area contributed by atoms with Crippen LogP contribution in [0.3, 0.4) is 0 Å². The maximum absolute atomic E-state index is 11.1. The van der Waals surface area contributed by atoms with E-state index in [9.17, 15) is 4.79 Å². The predicted molar refractivity (Wildman–Crippen MR) is 75.7 cm³/mol. The second-order valence-corrected chi connectivity index (χ2v) is 5.20. The minimum absolute atomic E-state index is 0.279. The van der Waals surface area contributed by atoms with Crippen LogP contribution >= 0.6 is 23.2 Å². The topological polar surface area (TPSA) is 26.3 Å². The third kappa shape index (κ3) is 3.89. The molecule has 0 N–H and O–H groups in total. The Labute approximate surface area is 118 Å². The van der Waals surface area contributed by atoms with Crippen molar-refractivity contribution in [1.82, 2.24) is 0 Å². The van der Waals surface area contributed by atoms with Gasteiger partial charge in [-0.1, -0.05) is 37.0 Å². The van der Waals surface area contributed by atoms with Crippen LogP contribution in [-0.2, 0) is 4.79 Å². The van der Waals surface area contributed by atoms with Gasteiger partial charge >= 0.3 is 0 Å². The van der Waals surface area contributed by atoms with Crippen LogP contribution in [0, 0.1) is 5.41 Å². The summed E-state index contributed by atoms with van der Waals surface area (Å²) in [4.78, 5) is 11.1. The summed E-state index contributed by atoms with van der Waals surface area (Å²) in [7, 11) is 0. The number of benzene rings is 1. The molecular weight excluding hydrogens is 271 g/mol. The molecular formula is C14H18Cl2O2. The van der Waals surface area contributed by atoms with E-state index in [1.807, 2.05) is 13.8 Å². The summed E-state index contributed by atoms with van der Waals surface area (Å²) in [5.41, 5.74) is -0.279. The second kappa shape index (κ2) is 7.01. The highest BCUT2D eigenvalue weighted by atomic mass is 35.5. The van der Waals surface area contributed by atoms with Crippen molar-refractivity contribution in [2.75, 3.05) is 6.61 Å². The van der Waals surface area contributed by atoms with Crippen LogP contribution in [-0.4, -0.2) is 12.9 Å². The highest BCUT2D eigenvalue weighted by Gasteiger charge is 2.25. The van der Waals surface area contributed by atoms with Gasteiger partial charge in [-0.25, -0.2) is 0 Å². The van der Waals surface area contributed by atoms with Crippen molar-refractivity contribution >= 4 is 29.5 Å². The number of halogens is 2. The molecule has 0 radical (unpaired) electrons. The van der Waals surface area contributed by atoms with Crippen LogP contribution in [0.2, 0.25) is 10.0 Å². The molecule has 2 nitrogen and oxygen atoms in total. The molecule has 4 heteroatoms. The van der Waals surface area contributed by atoms with Gasteiger partial charge in [0, 0.05) is 10.4 Å². The quantitative estimate of drug-likeness (QED) is 0.676. The molecule has 0 atom stereocenters. The lowest BCUT2D eigenvalue weighted by molar-refractivity contribution is -0.117. The van der Waals surface area contributed by atoms with E-state index < -0.39 is 0 Å². The van der Waals surface area contributed by atoms with Gasteiger partial charge in [-0.3, -0.25) is 0 Å². The molecule has 0 unspecified atom stereocenters. The minimum Gasteiger partial charge on any atom is -0.492 e. The number of rotatable bonds is 7. The molecule has 18 heavy (non-hydrogen) atoms. The van der Waals surface area contributed by atoms with E-state index in [-0.39, 0.29) is 5.41 Å².